The van der Waals surface area contributed by atoms with Gasteiger partial charge in [0.25, 0.3) is 10.0 Å². The summed E-state index contributed by atoms with van der Waals surface area (Å²) in [5.41, 5.74) is 0.657. The zero-order valence-corrected chi connectivity index (χ0v) is 15.8. The normalized spacial score (nSPS) is 22.1. The van der Waals surface area contributed by atoms with Crippen LogP contribution in [-0.4, -0.2) is 29.4 Å². The molecule has 0 N–H and O–H groups in total. The minimum absolute atomic E-state index is 0.0250. The molecule has 1 fully saturated rings. The smallest absolute Gasteiger partial charge is 0.262 e. The summed E-state index contributed by atoms with van der Waals surface area (Å²) in [7, 11) is -5.61. The third-order valence-corrected chi connectivity index (χ3v) is 11.0. The second-order valence-electron chi connectivity index (χ2n) is 7.20. The van der Waals surface area contributed by atoms with Crippen molar-refractivity contribution >= 4 is 24.0 Å². The molecule has 22 heavy (non-hydrogen) atoms. The van der Waals surface area contributed by atoms with Crippen LogP contribution in [0.15, 0.2) is 41.8 Å². The summed E-state index contributed by atoms with van der Waals surface area (Å²) in [4.78, 5) is 0.168. The van der Waals surface area contributed by atoms with Gasteiger partial charge in [0.1, 0.15) is 6.10 Å². The fraction of sp³-hybridized carbons (Fsp3) is 0.500. The molecule has 2 rings (SSSR count). The minimum Gasteiger partial charge on any atom is -0.407 e. The van der Waals surface area contributed by atoms with Crippen molar-refractivity contribution in [3.05, 3.63) is 41.8 Å². The summed E-state index contributed by atoms with van der Waals surface area (Å²) < 4.78 is 32.9. The Labute approximate surface area is 135 Å². The predicted octanol–water partition coefficient (Wildman–Crippen LogP) is 3.74. The summed E-state index contributed by atoms with van der Waals surface area (Å²) in [6.45, 7) is 14.8. The molecule has 0 bridgehead atoms. The third kappa shape index (κ3) is 3.00. The standard InChI is InChI=1S/C16H25NO3SSi/c1-13-15(20-22(5,6)16(2,3)4)12-17(21(13,18)19)14-10-8-7-9-11-14/h7-11,15H,1,12H2,2-6H3. The van der Waals surface area contributed by atoms with E-state index < -0.39 is 24.4 Å². The lowest BCUT2D eigenvalue weighted by molar-refractivity contribution is 0.235. The van der Waals surface area contributed by atoms with E-state index in [1.807, 2.05) is 18.2 Å². The van der Waals surface area contributed by atoms with E-state index >= 15 is 0 Å². The van der Waals surface area contributed by atoms with Crippen molar-refractivity contribution in [2.45, 2.75) is 45.0 Å². The number of hydrogen-bond donors (Lipinski definition) is 0. The molecule has 0 radical (unpaired) electrons. The van der Waals surface area contributed by atoms with Crippen LogP contribution in [0.4, 0.5) is 5.69 Å². The molecule has 0 aliphatic carbocycles. The van der Waals surface area contributed by atoms with Crippen molar-refractivity contribution in [1.29, 1.82) is 0 Å². The van der Waals surface area contributed by atoms with Gasteiger partial charge in [-0.15, -0.1) is 0 Å². The van der Waals surface area contributed by atoms with Gasteiger partial charge >= 0.3 is 0 Å². The molecule has 1 heterocycles. The summed E-state index contributed by atoms with van der Waals surface area (Å²) in [5.74, 6) is 0. The van der Waals surface area contributed by atoms with E-state index in [-0.39, 0.29) is 9.94 Å². The molecule has 1 aromatic rings. The van der Waals surface area contributed by atoms with Crippen LogP contribution in [0.2, 0.25) is 18.1 Å². The second-order valence-corrected chi connectivity index (χ2v) is 13.9. The second kappa shape index (κ2) is 5.51. The van der Waals surface area contributed by atoms with E-state index in [0.717, 1.165) is 0 Å². The average molecular weight is 340 g/mol. The molecule has 1 saturated heterocycles. The number of hydrogen-bond acceptors (Lipinski definition) is 3. The van der Waals surface area contributed by atoms with Gasteiger partial charge in [-0.1, -0.05) is 45.5 Å². The lowest BCUT2D eigenvalue weighted by Crippen LogP contribution is -2.44. The molecular formula is C16H25NO3SSi. The predicted molar refractivity (Wildman–Crippen MR) is 93.9 cm³/mol. The Morgan fingerprint density at radius 2 is 1.77 bits per heavy atom. The number of anilines is 1. The van der Waals surface area contributed by atoms with Crippen LogP contribution in [0, 0.1) is 0 Å². The summed E-state index contributed by atoms with van der Waals surface area (Å²) in [5, 5.41) is 0.0250. The Balaban J connectivity index is 2.30. The third-order valence-electron chi connectivity index (χ3n) is 4.60. The molecule has 4 nitrogen and oxygen atoms in total. The molecule has 0 saturated carbocycles. The fourth-order valence-electron chi connectivity index (χ4n) is 2.13. The molecular weight excluding hydrogens is 314 g/mol. The van der Waals surface area contributed by atoms with Gasteiger partial charge in [-0.3, -0.25) is 4.31 Å². The van der Waals surface area contributed by atoms with Gasteiger partial charge in [-0.05, 0) is 30.3 Å². The van der Waals surface area contributed by atoms with Crippen molar-refractivity contribution in [2.24, 2.45) is 0 Å². The maximum absolute atomic E-state index is 12.6. The Morgan fingerprint density at radius 1 is 1.23 bits per heavy atom. The molecule has 6 heteroatoms. The zero-order chi connectivity index (χ0) is 16.8. The van der Waals surface area contributed by atoms with Crippen LogP contribution in [-0.2, 0) is 14.4 Å². The van der Waals surface area contributed by atoms with Crippen molar-refractivity contribution in [3.63, 3.8) is 0 Å². The Bertz CT molecular complexity index is 662. The highest BCUT2D eigenvalue weighted by Crippen LogP contribution is 2.40. The maximum atomic E-state index is 12.6. The van der Waals surface area contributed by atoms with Gasteiger partial charge in [-0.25, -0.2) is 8.42 Å². The number of sulfonamides is 1. The molecule has 0 amide bonds. The lowest BCUT2D eigenvalue weighted by atomic mass is 10.2. The monoisotopic (exact) mass is 339 g/mol. The van der Waals surface area contributed by atoms with Crippen LogP contribution in [0.3, 0.4) is 0 Å². The van der Waals surface area contributed by atoms with Gasteiger partial charge < -0.3 is 4.43 Å². The first kappa shape index (κ1) is 17.2. The molecule has 1 aromatic carbocycles. The zero-order valence-electron chi connectivity index (χ0n) is 14.0. The first-order valence-corrected chi connectivity index (χ1v) is 11.8. The topological polar surface area (TPSA) is 46.6 Å². The van der Waals surface area contributed by atoms with Crippen molar-refractivity contribution in [1.82, 2.24) is 0 Å². The quantitative estimate of drug-likeness (QED) is 0.788. The molecule has 1 unspecified atom stereocenters. The van der Waals surface area contributed by atoms with Crippen LogP contribution < -0.4 is 4.31 Å². The molecule has 0 spiro atoms. The molecule has 1 aliphatic rings. The highest BCUT2D eigenvalue weighted by molar-refractivity contribution is 7.97. The maximum Gasteiger partial charge on any atom is 0.262 e. The summed E-state index contributed by atoms with van der Waals surface area (Å²) in [6.07, 6.45) is -0.467. The minimum atomic E-state index is -3.55. The van der Waals surface area contributed by atoms with Crippen molar-refractivity contribution in [3.8, 4) is 0 Å². The van der Waals surface area contributed by atoms with Crippen LogP contribution in [0.5, 0.6) is 0 Å². The number of nitrogens with zero attached hydrogens (tertiary/aromatic N) is 1. The summed E-state index contributed by atoms with van der Waals surface area (Å²) >= 11 is 0. The molecule has 1 atom stereocenters. The van der Waals surface area contributed by atoms with E-state index in [0.29, 0.717) is 12.2 Å². The van der Waals surface area contributed by atoms with Gasteiger partial charge in [0.15, 0.2) is 8.32 Å². The van der Waals surface area contributed by atoms with E-state index in [4.69, 9.17) is 4.43 Å². The summed E-state index contributed by atoms with van der Waals surface area (Å²) in [6, 6.07) is 9.11. The number of rotatable bonds is 3. The first-order valence-electron chi connectivity index (χ1n) is 7.41. The Kier molecular flexibility index (Phi) is 4.32. The van der Waals surface area contributed by atoms with Crippen LogP contribution in [0.1, 0.15) is 20.8 Å². The van der Waals surface area contributed by atoms with Crippen molar-refractivity contribution in [2.75, 3.05) is 10.8 Å². The van der Waals surface area contributed by atoms with Gasteiger partial charge in [0.2, 0.25) is 0 Å². The van der Waals surface area contributed by atoms with E-state index in [1.165, 1.54) is 4.31 Å². The Hall–Kier alpha value is -1.11. The van der Waals surface area contributed by atoms with Gasteiger partial charge in [-0.2, -0.15) is 0 Å². The van der Waals surface area contributed by atoms with Crippen LogP contribution >= 0.6 is 0 Å². The molecule has 122 valence electrons. The van der Waals surface area contributed by atoms with Crippen LogP contribution in [0.25, 0.3) is 0 Å². The highest BCUT2D eigenvalue weighted by atomic mass is 32.2. The fourth-order valence-corrected chi connectivity index (χ4v) is 4.97. The van der Waals surface area contributed by atoms with E-state index in [9.17, 15) is 8.42 Å². The van der Waals surface area contributed by atoms with E-state index in [1.54, 1.807) is 12.1 Å². The lowest BCUT2D eigenvalue weighted by Gasteiger charge is -2.38. The van der Waals surface area contributed by atoms with Gasteiger partial charge in [0, 0.05) is 0 Å². The average Bonchev–Trinajstić information content (AvgIpc) is 2.62. The van der Waals surface area contributed by atoms with Gasteiger partial charge in [0.05, 0.1) is 17.1 Å². The molecule has 1 aliphatic heterocycles. The highest BCUT2D eigenvalue weighted by Gasteiger charge is 2.46. The number of benzene rings is 1. The first-order chi connectivity index (χ1) is 9.97. The number of para-hydroxylation sites is 1. The van der Waals surface area contributed by atoms with Crippen molar-refractivity contribution < 1.29 is 12.8 Å². The largest absolute Gasteiger partial charge is 0.407 e. The SMILES string of the molecule is C=C1C(O[Si](C)(C)C(C)(C)C)CN(c2ccccc2)S1(=O)=O. The molecule has 0 aromatic heterocycles. The van der Waals surface area contributed by atoms with E-state index in [2.05, 4.69) is 40.4 Å². The Morgan fingerprint density at radius 3 is 2.27 bits per heavy atom.